The number of amides is 1. The summed E-state index contributed by atoms with van der Waals surface area (Å²) in [6.45, 7) is 0. The number of ketones is 1. The maximum absolute atomic E-state index is 12.4. The first-order chi connectivity index (χ1) is 9.33. The molecule has 1 amide bonds. The number of hydrogen-bond acceptors (Lipinski definition) is 3. The quantitative estimate of drug-likeness (QED) is 0.383. The van der Waals surface area contributed by atoms with E-state index >= 15 is 0 Å². The molecule has 4 nitrogen and oxygen atoms in total. The number of carbonyl (C=O) groups is 2. The molecular formula is C15H12N2O2. The summed E-state index contributed by atoms with van der Waals surface area (Å²) in [6.07, 6.45) is 0.432. The average Bonchev–Trinajstić information content (AvgIpc) is 2.49. The van der Waals surface area contributed by atoms with Crippen molar-refractivity contribution in [3.05, 3.63) is 71.8 Å². The Bertz CT molecular complexity index is 592. The topological polar surface area (TPSA) is 58.5 Å². The molecule has 0 spiro atoms. The zero-order chi connectivity index (χ0) is 13.5. The first-order valence-corrected chi connectivity index (χ1v) is 5.75. The molecule has 19 heavy (non-hydrogen) atoms. The van der Waals surface area contributed by atoms with Gasteiger partial charge in [0.2, 0.25) is 12.2 Å². The maximum Gasteiger partial charge on any atom is 0.227 e. The van der Waals surface area contributed by atoms with Gasteiger partial charge in [0.05, 0.1) is 0 Å². The van der Waals surface area contributed by atoms with Crippen LogP contribution in [0.25, 0.3) is 0 Å². The Labute approximate surface area is 110 Å². The molecule has 0 heterocycles. The Balaban J connectivity index is 2.40. The number of Topliss-reactive ketones (excluding diaryl/α,β-unsaturated/α-hetero) is 1. The molecule has 0 unspecified atom stereocenters. The first-order valence-electron chi connectivity index (χ1n) is 5.75. The van der Waals surface area contributed by atoms with Gasteiger partial charge in [-0.15, -0.1) is 0 Å². The van der Waals surface area contributed by atoms with Gasteiger partial charge in [0.25, 0.3) is 0 Å². The Morgan fingerprint density at radius 1 is 0.895 bits per heavy atom. The zero-order valence-electron chi connectivity index (χ0n) is 10.1. The van der Waals surface area contributed by atoms with E-state index < -0.39 is 0 Å². The highest BCUT2D eigenvalue weighted by atomic mass is 16.1. The van der Waals surface area contributed by atoms with Crippen LogP contribution in [0.3, 0.4) is 0 Å². The zero-order valence-corrected chi connectivity index (χ0v) is 10.1. The van der Waals surface area contributed by atoms with Crippen LogP contribution in [0.5, 0.6) is 0 Å². The summed E-state index contributed by atoms with van der Waals surface area (Å²) in [6, 6.07) is 17.8. The van der Waals surface area contributed by atoms with Crippen molar-refractivity contribution < 1.29 is 9.59 Å². The fourth-order valence-corrected chi connectivity index (χ4v) is 1.66. The predicted molar refractivity (Wildman–Crippen MR) is 73.0 cm³/mol. The van der Waals surface area contributed by atoms with Gasteiger partial charge in [-0.2, -0.15) is 5.10 Å². The minimum atomic E-state index is -0.235. The summed E-state index contributed by atoms with van der Waals surface area (Å²) >= 11 is 0. The van der Waals surface area contributed by atoms with Gasteiger partial charge in [0.15, 0.2) is 0 Å². The summed E-state index contributed by atoms with van der Waals surface area (Å²) in [5.41, 5.74) is 3.58. The lowest BCUT2D eigenvalue weighted by molar-refractivity contribution is -0.109. The molecule has 0 saturated carbocycles. The van der Waals surface area contributed by atoms with Crippen molar-refractivity contribution in [2.24, 2.45) is 5.10 Å². The summed E-state index contributed by atoms with van der Waals surface area (Å²) in [4.78, 5) is 22.7. The number of hydrazone groups is 1. The molecule has 0 saturated heterocycles. The van der Waals surface area contributed by atoms with Crippen molar-refractivity contribution in [2.45, 2.75) is 0 Å². The molecule has 94 valence electrons. The van der Waals surface area contributed by atoms with Crippen LogP contribution >= 0.6 is 0 Å². The van der Waals surface area contributed by atoms with Gasteiger partial charge in [0, 0.05) is 11.1 Å². The summed E-state index contributed by atoms with van der Waals surface area (Å²) < 4.78 is 0. The first kappa shape index (κ1) is 12.7. The van der Waals surface area contributed by atoms with Gasteiger partial charge in [-0.1, -0.05) is 60.7 Å². The molecule has 2 aromatic rings. The fourth-order valence-electron chi connectivity index (χ4n) is 1.66. The highest BCUT2D eigenvalue weighted by molar-refractivity contribution is 6.51. The average molecular weight is 252 g/mol. The van der Waals surface area contributed by atoms with E-state index in [1.165, 1.54) is 0 Å². The van der Waals surface area contributed by atoms with E-state index in [0.29, 0.717) is 17.5 Å². The van der Waals surface area contributed by atoms with Crippen LogP contribution in [-0.4, -0.2) is 17.9 Å². The van der Waals surface area contributed by atoms with Gasteiger partial charge in [-0.25, -0.2) is 5.43 Å². The van der Waals surface area contributed by atoms with Crippen molar-refractivity contribution in [1.82, 2.24) is 5.43 Å². The summed E-state index contributed by atoms with van der Waals surface area (Å²) in [5.74, 6) is -0.235. The van der Waals surface area contributed by atoms with Crippen molar-refractivity contribution in [2.75, 3.05) is 0 Å². The second-order valence-electron chi connectivity index (χ2n) is 3.77. The largest absolute Gasteiger partial charge is 0.287 e. The van der Waals surface area contributed by atoms with Crippen molar-refractivity contribution in [3.63, 3.8) is 0 Å². The van der Waals surface area contributed by atoms with E-state index in [-0.39, 0.29) is 11.5 Å². The number of hydrogen-bond donors (Lipinski definition) is 1. The lowest BCUT2D eigenvalue weighted by Crippen LogP contribution is -2.19. The molecule has 0 aliphatic heterocycles. The third-order valence-electron chi connectivity index (χ3n) is 2.53. The second-order valence-corrected chi connectivity index (χ2v) is 3.77. The molecular weight excluding hydrogens is 240 g/mol. The molecule has 0 radical (unpaired) electrons. The van der Waals surface area contributed by atoms with Crippen LogP contribution in [-0.2, 0) is 4.79 Å². The molecule has 0 bridgehead atoms. The Kier molecular flexibility index (Phi) is 4.18. The maximum atomic E-state index is 12.4. The minimum Gasteiger partial charge on any atom is -0.287 e. The van der Waals surface area contributed by atoms with Gasteiger partial charge in [-0.05, 0) is 0 Å². The third kappa shape index (κ3) is 3.13. The molecule has 0 atom stereocenters. The number of nitrogens with one attached hydrogen (secondary N) is 1. The Morgan fingerprint density at radius 2 is 1.42 bits per heavy atom. The Morgan fingerprint density at radius 3 is 1.95 bits per heavy atom. The van der Waals surface area contributed by atoms with Crippen molar-refractivity contribution >= 4 is 17.9 Å². The van der Waals surface area contributed by atoms with E-state index in [0.717, 1.165) is 0 Å². The SMILES string of the molecule is O=CN/N=C(\C(=O)c1ccccc1)c1ccccc1. The molecule has 2 aromatic carbocycles. The number of nitrogens with zero attached hydrogens (tertiary/aromatic N) is 1. The third-order valence-corrected chi connectivity index (χ3v) is 2.53. The van der Waals surface area contributed by atoms with Crippen LogP contribution in [0.4, 0.5) is 0 Å². The minimum absolute atomic E-state index is 0.207. The van der Waals surface area contributed by atoms with Crippen LogP contribution in [0.1, 0.15) is 15.9 Å². The van der Waals surface area contributed by atoms with Crippen LogP contribution in [0.15, 0.2) is 65.8 Å². The van der Waals surface area contributed by atoms with Gasteiger partial charge >= 0.3 is 0 Å². The summed E-state index contributed by atoms with van der Waals surface area (Å²) in [7, 11) is 0. The predicted octanol–water partition coefficient (Wildman–Crippen LogP) is 2.02. The number of benzene rings is 2. The van der Waals surface area contributed by atoms with E-state index in [2.05, 4.69) is 10.5 Å². The smallest absolute Gasteiger partial charge is 0.227 e. The van der Waals surface area contributed by atoms with Gasteiger partial charge in [0.1, 0.15) is 5.71 Å². The Hall–Kier alpha value is -2.75. The lowest BCUT2D eigenvalue weighted by Gasteiger charge is -2.05. The van der Waals surface area contributed by atoms with E-state index in [4.69, 9.17) is 0 Å². The highest BCUT2D eigenvalue weighted by Gasteiger charge is 2.15. The van der Waals surface area contributed by atoms with Crippen LogP contribution in [0.2, 0.25) is 0 Å². The number of carbonyl (C=O) groups excluding carboxylic acids is 2. The molecule has 4 heteroatoms. The van der Waals surface area contributed by atoms with E-state index in [1.807, 2.05) is 24.3 Å². The van der Waals surface area contributed by atoms with Crippen LogP contribution in [0, 0.1) is 0 Å². The standard InChI is InChI=1S/C15H12N2O2/c18-11-16-17-14(12-7-3-1-4-8-12)15(19)13-9-5-2-6-10-13/h1-11H,(H,16,18)/b17-14-. The monoisotopic (exact) mass is 252 g/mol. The van der Waals surface area contributed by atoms with Crippen molar-refractivity contribution in [1.29, 1.82) is 0 Å². The van der Waals surface area contributed by atoms with Gasteiger partial charge < -0.3 is 0 Å². The normalized spacial score (nSPS) is 10.8. The molecule has 0 aliphatic rings. The molecule has 0 aliphatic carbocycles. The molecule has 0 aromatic heterocycles. The fraction of sp³-hybridized carbons (Fsp3) is 0. The second kappa shape index (κ2) is 6.26. The van der Waals surface area contributed by atoms with Crippen LogP contribution < -0.4 is 5.43 Å². The molecule has 0 fully saturated rings. The highest BCUT2D eigenvalue weighted by Crippen LogP contribution is 2.08. The van der Waals surface area contributed by atoms with E-state index in [9.17, 15) is 9.59 Å². The molecule has 1 N–H and O–H groups in total. The molecule has 2 rings (SSSR count). The van der Waals surface area contributed by atoms with Crippen molar-refractivity contribution in [3.8, 4) is 0 Å². The van der Waals surface area contributed by atoms with E-state index in [1.54, 1.807) is 36.4 Å². The lowest BCUT2D eigenvalue weighted by atomic mass is 10.0. The summed E-state index contributed by atoms with van der Waals surface area (Å²) in [5, 5.41) is 3.84. The number of rotatable bonds is 5. The van der Waals surface area contributed by atoms with Gasteiger partial charge in [-0.3, -0.25) is 9.59 Å².